The number of aliphatic hydroxyl groups excluding tert-OH is 1. The van der Waals surface area contributed by atoms with Gasteiger partial charge in [-0.15, -0.1) is 0 Å². The Morgan fingerprint density at radius 3 is 2.90 bits per heavy atom. The minimum atomic E-state index is -3.18. The molecule has 1 N–H and O–H groups in total. The molecular formula is C13H23N3O3S. The van der Waals surface area contributed by atoms with Crippen LogP contribution in [0, 0.1) is 5.92 Å². The van der Waals surface area contributed by atoms with E-state index in [1.54, 1.807) is 17.0 Å². The average Bonchev–Trinajstić information content (AvgIpc) is 2.84. The maximum Gasteiger partial charge on any atom is 0.214 e. The molecule has 6 nitrogen and oxygen atoms in total. The van der Waals surface area contributed by atoms with Crippen molar-refractivity contribution in [3.05, 3.63) is 18.2 Å². The molecule has 0 spiro atoms. The first-order valence-corrected chi connectivity index (χ1v) is 8.69. The van der Waals surface area contributed by atoms with Crippen LogP contribution in [0.5, 0.6) is 0 Å². The molecule has 2 heterocycles. The Morgan fingerprint density at radius 1 is 1.55 bits per heavy atom. The van der Waals surface area contributed by atoms with Crippen LogP contribution in [0.25, 0.3) is 0 Å². The summed E-state index contributed by atoms with van der Waals surface area (Å²) in [6.45, 7) is 2.81. The predicted octanol–water partition coefficient (Wildman–Crippen LogP) is 0.905. The van der Waals surface area contributed by atoms with Crippen molar-refractivity contribution in [1.82, 2.24) is 13.9 Å². The standard InChI is InChI=1S/C13H23N3O3S/c1-3-9-20(18,19)16-7-4-5-11(10-16)12(17)13-14-6-8-15(13)2/h6,8,11-12,17H,3-5,7,9-10H2,1-2H3. The average molecular weight is 301 g/mol. The smallest absolute Gasteiger partial charge is 0.214 e. The van der Waals surface area contributed by atoms with Crippen LogP contribution in [0.2, 0.25) is 0 Å². The highest BCUT2D eigenvalue weighted by Crippen LogP contribution is 2.30. The van der Waals surface area contributed by atoms with Crippen LogP contribution in [0.4, 0.5) is 0 Å². The van der Waals surface area contributed by atoms with E-state index in [0.717, 1.165) is 12.8 Å². The number of aromatic nitrogens is 2. The number of hydrogen-bond acceptors (Lipinski definition) is 4. The molecule has 2 rings (SSSR count). The molecule has 1 saturated heterocycles. The molecule has 0 aromatic carbocycles. The first kappa shape index (κ1) is 15.5. The molecule has 0 saturated carbocycles. The molecule has 7 heteroatoms. The fourth-order valence-corrected chi connectivity index (χ4v) is 4.34. The SMILES string of the molecule is CCCS(=O)(=O)N1CCCC(C(O)c2nccn2C)C1. The number of aryl methyl sites for hydroxylation is 1. The second kappa shape index (κ2) is 6.24. The summed E-state index contributed by atoms with van der Waals surface area (Å²) in [6.07, 6.45) is 4.95. The zero-order chi connectivity index (χ0) is 14.8. The summed E-state index contributed by atoms with van der Waals surface area (Å²) in [4.78, 5) is 4.16. The van der Waals surface area contributed by atoms with Crippen LogP contribution in [-0.4, -0.2) is 46.2 Å². The summed E-state index contributed by atoms with van der Waals surface area (Å²) in [5.41, 5.74) is 0. The summed E-state index contributed by atoms with van der Waals surface area (Å²) in [7, 11) is -1.35. The van der Waals surface area contributed by atoms with Crippen molar-refractivity contribution in [3.8, 4) is 0 Å². The van der Waals surface area contributed by atoms with Gasteiger partial charge >= 0.3 is 0 Å². The monoisotopic (exact) mass is 301 g/mol. The van der Waals surface area contributed by atoms with E-state index in [1.165, 1.54) is 4.31 Å². The number of hydrogen-bond donors (Lipinski definition) is 1. The van der Waals surface area contributed by atoms with Crippen LogP contribution in [0.3, 0.4) is 0 Å². The zero-order valence-corrected chi connectivity index (χ0v) is 12.9. The van der Waals surface area contributed by atoms with Gasteiger partial charge in [0.05, 0.1) is 5.75 Å². The van der Waals surface area contributed by atoms with Crippen molar-refractivity contribution in [2.45, 2.75) is 32.3 Å². The fraction of sp³-hybridized carbons (Fsp3) is 0.769. The van der Waals surface area contributed by atoms with Crippen LogP contribution >= 0.6 is 0 Å². The van der Waals surface area contributed by atoms with E-state index in [4.69, 9.17) is 0 Å². The lowest BCUT2D eigenvalue weighted by Crippen LogP contribution is -2.42. The van der Waals surface area contributed by atoms with Gasteiger partial charge in [-0.05, 0) is 19.3 Å². The molecule has 1 aromatic heterocycles. The van der Waals surface area contributed by atoms with E-state index in [-0.39, 0.29) is 11.7 Å². The van der Waals surface area contributed by atoms with Gasteiger partial charge in [0.2, 0.25) is 10.0 Å². The third-order valence-corrected chi connectivity index (χ3v) is 5.89. The van der Waals surface area contributed by atoms with Crippen molar-refractivity contribution < 1.29 is 13.5 Å². The van der Waals surface area contributed by atoms with Crippen molar-refractivity contribution in [2.75, 3.05) is 18.8 Å². The number of piperidine rings is 1. The lowest BCUT2D eigenvalue weighted by atomic mass is 9.93. The molecule has 2 atom stereocenters. The Balaban J connectivity index is 2.09. The van der Waals surface area contributed by atoms with Crippen LogP contribution in [0.15, 0.2) is 12.4 Å². The third kappa shape index (κ3) is 3.21. The molecule has 0 amide bonds. The van der Waals surface area contributed by atoms with Crippen molar-refractivity contribution >= 4 is 10.0 Å². The molecular weight excluding hydrogens is 278 g/mol. The van der Waals surface area contributed by atoms with Gasteiger partial charge in [-0.25, -0.2) is 17.7 Å². The van der Waals surface area contributed by atoms with Crippen LogP contribution in [-0.2, 0) is 17.1 Å². The normalized spacial score (nSPS) is 22.9. The van der Waals surface area contributed by atoms with Gasteiger partial charge in [-0.2, -0.15) is 0 Å². The number of rotatable bonds is 5. The Labute approximate surface area is 120 Å². The molecule has 1 aromatic rings. The Hall–Kier alpha value is -0.920. The molecule has 1 aliphatic rings. The number of sulfonamides is 1. The fourth-order valence-electron chi connectivity index (χ4n) is 2.74. The predicted molar refractivity (Wildman–Crippen MR) is 76.5 cm³/mol. The van der Waals surface area contributed by atoms with Crippen molar-refractivity contribution in [2.24, 2.45) is 13.0 Å². The molecule has 2 unspecified atom stereocenters. The van der Waals surface area contributed by atoms with E-state index in [1.807, 2.05) is 14.0 Å². The third-order valence-electron chi connectivity index (χ3n) is 3.85. The van der Waals surface area contributed by atoms with Gasteiger partial charge in [0.25, 0.3) is 0 Å². The van der Waals surface area contributed by atoms with Gasteiger partial charge in [0, 0.05) is 38.4 Å². The number of aliphatic hydroxyl groups is 1. The molecule has 0 aliphatic carbocycles. The minimum Gasteiger partial charge on any atom is -0.385 e. The molecule has 1 fully saturated rings. The first-order valence-electron chi connectivity index (χ1n) is 7.09. The summed E-state index contributed by atoms with van der Waals surface area (Å²) in [5, 5.41) is 10.4. The molecule has 0 radical (unpaired) electrons. The topological polar surface area (TPSA) is 75.4 Å². The Kier molecular flexibility index (Phi) is 4.82. The number of nitrogens with zero attached hydrogens (tertiary/aromatic N) is 3. The van der Waals surface area contributed by atoms with Gasteiger partial charge in [-0.1, -0.05) is 6.92 Å². The van der Waals surface area contributed by atoms with E-state index in [9.17, 15) is 13.5 Å². The second-order valence-electron chi connectivity index (χ2n) is 5.42. The highest BCUT2D eigenvalue weighted by atomic mass is 32.2. The van der Waals surface area contributed by atoms with Gasteiger partial charge < -0.3 is 9.67 Å². The van der Waals surface area contributed by atoms with Gasteiger partial charge in [-0.3, -0.25) is 0 Å². The molecule has 0 bridgehead atoms. The molecule has 20 heavy (non-hydrogen) atoms. The van der Waals surface area contributed by atoms with Gasteiger partial charge in [0.1, 0.15) is 11.9 Å². The zero-order valence-electron chi connectivity index (χ0n) is 12.1. The Morgan fingerprint density at radius 2 is 2.30 bits per heavy atom. The molecule has 1 aliphatic heterocycles. The summed E-state index contributed by atoms with van der Waals surface area (Å²) in [6, 6.07) is 0. The highest BCUT2D eigenvalue weighted by Gasteiger charge is 2.33. The second-order valence-corrected chi connectivity index (χ2v) is 7.51. The first-order chi connectivity index (χ1) is 9.45. The van der Waals surface area contributed by atoms with E-state index in [2.05, 4.69) is 4.98 Å². The lowest BCUT2D eigenvalue weighted by Gasteiger charge is -2.34. The maximum absolute atomic E-state index is 12.1. The van der Waals surface area contributed by atoms with E-state index >= 15 is 0 Å². The minimum absolute atomic E-state index is 0.0866. The van der Waals surface area contributed by atoms with Crippen molar-refractivity contribution in [1.29, 1.82) is 0 Å². The quantitative estimate of drug-likeness (QED) is 0.877. The van der Waals surface area contributed by atoms with E-state index < -0.39 is 16.1 Å². The number of imidazole rings is 1. The summed E-state index contributed by atoms with van der Waals surface area (Å²) < 4.78 is 27.6. The molecule has 114 valence electrons. The summed E-state index contributed by atoms with van der Waals surface area (Å²) >= 11 is 0. The lowest BCUT2D eigenvalue weighted by molar-refractivity contribution is 0.0645. The van der Waals surface area contributed by atoms with E-state index in [0.29, 0.717) is 25.3 Å². The van der Waals surface area contributed by atoms with Crippen molar-refractivity contribution in [3.63, 3.8) is 0 Å². The Bertz CT molecular complexity index is 541. The summed E-state index contributed by atoms with van der Waals surface area (Å²) in [5.74, 6) is 0.694. The van der Waals surface area contributed by atoms with Gasteiger partial charge in [0.15, 0.2) is 0 Å². The maximum atomic E-state index is 12.1. The highest BCUT2D eigenvalue weighted by molar-refractivity contribution is 7.89. The largest absolute Gasteiger partial charge is 0.385 e. The van der Waals surface area contributed by atoms with Crippen LogP contribution < -0.4 is 0 Å². The van der Waals surface area contributed by atoms with Crippen LogP contribution in [0.1, 0.15) is 38.1 Å².